The zero-order chi connectivity index (χ0) is 14.4. The van der Waals surface area contributed by atoms with E-state index in [-0.39, 0.29) is 0 Å². The molecule has 1 N–H and O–H groups in total. The Hall–Kier alpha value is -1.32. The standard InChI is InChI=1S/C18H18BrNO/c1-11-8-13(10-21-11)18(19)12-6-7-17-15(9-12)14-4-2-3-5-16(14)20-17/h2-7,9,11,13,18,20H,8,10H2,1H3. The highest BCUT2D eigenvalue weighted by molar-refractivity contribution is 9.09. The number of hydrogen-bond acceptors (Lipinski definition) is 1. The van der Waals surface area contributed by atoms with E-state index in [0.29, 0.717) is 16.8 Å². The molecule has 3 heteroatoms. The molecule has 3 atom stereocenters. The minimum atomic E-state index is 0.362. The second-order valence-corrected chi connectivity index (χ2v) is 7.00. The van der Waals surface area contributed by atoms with Gasteiger partial charge in [-0.15, -0.1) is 0 Å². The van der Waals surface area contributed by atoms with Gasteiger partial charge in [0.05, 0.1) is 12.7 Å². The Morgan fingerprint density at radius 1 is 1.14 bits per heavy atom. The Balaban J connectivity index is 1.77. The molecular formula is C18H18BrNO. The minimum absolute atomic E-state index is 0.362. The molecule has 3 unspecified atom stereocenters. The van der Waals surface area contributed by atoms with Crippen molar-refractivity contribution in [2.75, 3.05) is 6.61 Å². The fourth-order valence-corrected chi connectivity index (χ4v) is 4.02. The molecule has 4 rings (SSSR count). The Bertz CT molecular complexity index is 794. The van der Waals surface area contributed by atoms with Crippen LogP contribution in [0.4, 0.5) is 0 Å². The molecule has 1 aromatic heterocycles. The zero-order valence-corrected chi connectivity index (χ0v) is 13.6. The van der Waals surface area contributed by atoms with Crippen LogP contribution < -0.4 is 0 Å². The molecule has 0 amide bonds. The Labute approximate surface area is 132 Å². The predicted octanol–water partition coefficient (Wildman–Crippen LogP) is 5.18. The van der Waals surface area contributed by atoms with Crippen molar-refractivity contribution in [2.45, 2.75) is 24.3 Å². The van der Waals surface area contributed by atoms with Crippen molar-refractivity contribution in [3.05, 3.63) is 48.0 Å². The van der Waals surface area contributed by atoms with Crippen LogP contribution in [0.25, 0.3) is 21.8 Å². The third-order valence-electron chi connectivity index (χ3n) is 4.49. The quantitative estimate of drug-likeness (QED) is 0.637. The lowest BCUT2D eigenvalue weighted by Crippen LogP contribution is -2.07. The first-order chi connectivity index (χ1) is 10.2. The third-order valence-corrected chi connectivity index (χ3v) is 5.77. The number of para-hydroxylation sites is 1. The predicted molar refractivity (Wildman–Crippen MR) is 91.0 cm³/mol. The van der Waals surface area contributed by atoms with Gasteiger partial charge >= 0.3 is 0 Å². The number of H-pyrrole nitrogens is 1. The van der Waals surface area contributed by atoms with Crippen molar-refractivity contribution >= 4 is 37.7 Å². The second kappa shape index (κ2) is 5.15. The molecule has 1 aliphatic heterocycles. The monoisotopic (exact) mass is 343 g/mol. The summed E-state index contributed by atoms with van der Waals surface area (Å²) in [5.41, 5.74) is 3.75. The molecule has 2 nitrogen and oxygen atoms in total. The molecule has 0 bridgehead atoms. The first-order valence-corrected chi connectivity index (χ1v) is 8.40. The summed E-state index contributed by atoms with van der Waals surface area (Å²) in [6.07, 6.45) is 1.51. The largest absolute Gasteiger partial charge is 0.378 e. The van der Waals surface area contributed by atoms with Gasteiger partial charge in [-0.2, -0.15) is 0 Å². The van der Waals surface area contributed by atoms with Gasteiger partial charge in [0.1, 0.15) is 0 Å². The van der Waals surface area contributed by atoms with Crippen LogP contribution in [0.15, 0.2) is 42.5 Å². The molecule has 0 saturated carbocycles. The van der Waals surface area contributed by atoms with E-state index in [1.54, 1.807) is 0 Å². The summed E-state index contributed by atoms with van der Waals surface area (Å²) in [6.45, 7) is 3.01. The van der Waals surface area contributed by atoms with E-state index in [1.165, 1.54) is 27.4 Å². The van der Waals surface area contributed by atoms with E-state index in [9.17, 15) is 0 Å². The highest BCUT2D eigenvalue weighted by atomic mass is 79.9. The molecule has 1 fully saturated rings. The molecule has 21 heavy (non-hydrogen) atoms. The molecule has 2 aromatic carbocycles. The van der Waals surface area contributed by atoms with Gasteiger partial charge < -0.3 is 9.72 Å². The average Bonchev–Trinajstić information content (AvgIpc) is 3.09. The molecule has 0 spiro atoms. The number of ether oxygens (including phenoxy) is 1. The van der Waals surface area contributed by atoms with Crippen molar-refractivity contribution in [2.24, 2.45) is 5.92 Å². The molecule has 0 aliphatic carbocycles. The van der Waals surface area contributed by atoms with Gasteiger partial charge in [-0.25, -0.2) is 0 Å². The molecule has 1 aliphatic rings. The molecule has 2 heterocycles. The van der Waals surface area contributed by atoms with E-state index in [2.05, 4.69) is 70.3 Å². The van der Waals surface area contributed by atoms with Gasteiger partial charge in [0, 0.05) is 32.6 Å². The van der Waals surface area contributed by atoms with Gasteiger partial charge in [-0.3, -0.25) is 0 Å². The third kappa shape index (κ3) is 2.29. The van der Waals surface area contributed by atoms with Crippen molar-refractivity contribution in [3.63, 3.8) is 0 Å². The smallest absolute Gasteiger partial charge is 0.0551 e. The summed E-state index contributed by atoms with van der Waals surface area (Å²) in [4.78, 5) is 3.84. The van der Waals surface area contributed by atoms with Crippen molar-refractivity contribution < 1.29 is 4.74 Å². The van der Waals surface area contributed by atoms with Crippen LogP contribution in [0.2, 0.25) is 0 Å². The maximum Gasteiger partial charge on any atom is 0.0551 e. The summed E-state index contributed by atoms with van der Waals surface area (Å²) in [5, 5.41) is 2.60. The number of halogens is 1. The average molecular weight is 344 g/mol. The van der Waals surface area contributed by atoms with E-state index >= 15 is 0 Å². The second-order valence-electron chi connectivity index (χ2n) is 6.02. The van der Waals surface area contributed by atoms with Crippen LogP contribution in [0.1, 0.15) is 23.7 Å². The summed E-state index contributed by atoms with van der Waals surface area (Å²) in [7, 11) is 0. The van der Waals surface area contributed by atoms with Crippen LogP contribution in [-0.4, -0.2) is 17.7 Å². The van der Waals surface area contributed by atoms with Gasteiger partial charge in [-0.1, -0.05) is 40.2 Å². The fourth-order valence-electron chi connectivity index (χ4n) is 3.36. The Morgan fingerprint density at radius 2 is 1.95 bits per heavy atom. The molecule has 3 aromatic rings. The van der Waals surface area contributed by atoms with Gasteiger partial charge in [0.15, 0.2) is 0 Å². The van der Waals surface area contributed by atoms with Gasteiger partial charge in [-0.05, 0) is 37.1 Å². The summed E-state index contributed by atoms with van der Waals surface area (Å²) in [5.74, 6) is 0.558. The summed E-state index contributed by atoms with van der Waals surface area (Å²) < 4.78 is 5.71. The molecule has 0 radical (unpaired) electrons. The number of aromatic nitrogens is 1. The topological polar surface area (TPSA) is 25.0 Å². The van der Waals surface area contributed by atoms with Gasteiger partial charge in [0.2, 0.25) is 0 Å². The molecular weight excluding hydrogens is 326 g/mol. The lowest BCUT2D eigenvalue weighted by Gasteiger charge is -2.16. The maximum absolute atomic E-state index is 5.71. The number of nitrogens with one attached hydrogen (secondary N) is 1. The number of rotatable bonds is 2. The summed E-state index contributed by atoms with van der Waals surface area (Å²) in [6, 6.07) is 15.2. The first-order valence-electron chi connectivity index (χ1n) is 7.48. The van der Waals surface area contributed by atoms with E-state index in [0.717, 1.165) is 13.0 Å². The Morgan fingerprint density at radius 3 is 2.76 bits per heavy atom. The number of alkyl halides is 1. The van der Waals surface area contributed by atoms with Crippen LogP contribution in [-0.2, 0) is 4.74 Å². The van der Waals surface area contributed by atoms with Crippen molar-refractivity contribution in [1.82, 2.24) is 4.98 Å². The number of hydrogen-bond donors (Lipinski definition) is 1. The number of aromatic amines is 1. The van der Waals surface area contributed by atoms with Crippen molar-refractivity contribution in [3.8, 4) is 0 Å². The highest BCUT2D eigenvalue weighted by Crippen LogP contribution is 2.39. The van der Waals surface area contributed by atoms with Crippen LogP contribution in [0, 0.1) is 5.92 Å². The van der Waals surface area contributed by atoms with E-state index in [4.69, 9.17) is 4.74 Å². The van der Waals surface area contributed by atoms with Crippen LogP contribution >= 0.6 is 15.9 Å². The van der Waals surface area contributed by atoms with Crippen LogP contribution in [0.5, 0.6) is 0 Å². The van der Waals surface area contributed by atoms with Crippen LogP contribution in [0.3, 0.4) is 0 Å². The Kier molecular flexibility index (Phi) is 3.27. The molecule has 108 valence electrons. The lowest BCUT2D eigenvalue weighted by molar-refractivity contribution is 0.120. The van der Waals surface area contributed by atoms with E-state index in [1.807, 2.05) is 0 Å². The SMILES string of the molecule is CC1CC(C(Br)c2ccc3[nH]c4ccccc4c3c2)CO1. The fraction of sp³-hybridized carbons (Fsp3) is 0.333. The molecule has 1 saturated heterocycles. The van der Waals surface area contributed by atoms with E-state index < -0.39 is 0 Å². The minimum Gasteiger partial charge on any atom is -0.378 e. The zero-order valence-electron chi connectivity index (χ0n) is 12.0. The maximum atomic E-state index is 5.71. The lowest BCUT2D eigenvalue weighted by atomic mass is 9.96. The normalized spacial score (nSPS) is 23.9. The van der Waals surface area contributed by atoms with Crippen molar-refractivity contribution in [1.29, 1.82) is 0 Å². The highest BCUT2D eigenvalue weighted by Gasteiger charge is 2.29. The number of benzene rings is 2. The summed E-state index contributed by atoms with van der Waals surface area (Å²) >= 11 is 3.89. The van der Waals surface area contributed by atoms with Gasteiger partial charge in [0.25, 0.3) is 0 Å². The number of fused-ring (bicyclic) bond motifs is 3. The first kappa shape index (κ1) is 13.4.